The van der Waals surface area contributed by atoms with E-state index in [9.17, 15) is 9.59 Å². The summed E-state index contributed by atoms with van der Waals surface area (Å²) >= 11 is 2.88. The van der Waals surface area contributed by atoms with Gasteiger partial charge in [0.25, 0.3) is 0 Å². The largest absolute Gasteiger partial charge is 0.454 e. The minimum atomic E-state index is -0.150. The van der Waals surface area contributed by atoms with Crippen LogP contribution in [0.4, 0.5) is 5.69 Å². The van der Waals surface area contributed by atoms with Crippen molar-refractivity contribution in [3.05, 3.63) is 69.6 Å². The Bertz CT molecular complexity index is 1220. The molecule has 1 amide bonds. The van der Waals surface area contributed by atoms with Gasteiger partial charge in [0.2, 0.25) is 18.4 Å². The van der Waals surface area contributed by atoms with Gasteiger partial charge in [0, 0.05) is 17.4 Å². The Morgan fingerprint density at radius 2 is 2.00 bits per heavy atom. The van der Waals surface area contributed by atoms with Gasteiger partial charge in [-0.15, -0.1) is 21.5 Å². The highest BCUT2D eigenvalue weighted by Gasteiger charge is 2.40. The van der Waals surface area contributed by atoms with Gasteiger partial charge in [-0.1, -0.05) is 35.6 Å². The lowest BCUT2D eigenvalue weighted by molar-refractivity contribution is -0.607. The van der Waals surface area contributed by atoms with E-state index in [2.05, 4.69) is 5.32 Å². The number of carbonyl (C=O) groups excluding carboxylic acids is 2. The van der Waals surface area contributed by atoms with Gasteiger partial charge in [0.05, 0.1) is 5.38 Å². The smallest absolute Gasteiger partial charge is 0.433 e. The van der Waals surface area contributed by atoms with E-state index < -0.39 is 0 Å². The highest BCUT2D eigenvalue weighted by Crippen LogP contribution is 2.38. The Morgan fingerprint density at radius 3 is 2.84 bits per heavy atom. The van der Waals surface area contributed by atoms with Crippen molar-refractivity contribution < 1.29 is 23.6 Å². The van der Waals surface area contributed by atoms with Gasteiger partial charge in [-0.2, -0.15) is 0 Å². The molecule has 5 rings (SSSR count). The predicted molar refractivity (Wildman–Crippen MR) is 125 cm³/mol. The Hall–Kier alpha value is -2.62. The number of halogens is 1. The van der Waals surface area contributed by atoms with Gasteiger partial charge >= 0.3 is 10.2 Å². The average Bonchev–Trinajstić information content (AvgIpc) is 3.42. The molecule has 6 nitrogen and oxygen atoms in total. The number of hydrogen-bond acceptors (Lipinski definition) is 6. The molecule has 2 aromatic carbocycles. The number of aryl methyl sites for hydroxylation is 1. The molecule has 0 unspecified atom stereocenters. The lowest BCUT2D eigenvalue weighted by atomic mass is 10.2. The molecule has 0 radical (unpaired) electrons. The van der Waals surface area contributed by atoms with Crippen molar-refractivity contribution in [3.63, 3.8) is 0 Å². The molecule has 2 aliphatic heterocycles. The maximum absolute atomic E-state index is 13.0. The van der Waals surface area contributed by atoms with Crippen LogP contribution in [-0.2, 0) is 11.2 Å². The van der Waals surface area contributed by atoms with Crippen molar-refractivity contribution in [2.24, 2.45) is 0 Å². The van der Waals surface area contributed by atoms with Crippen LogP contribution < -0.4 is 19.4 Å². The van der Waals surface area contributed by atoms with E-state index in [1.165, 1.54) is 23.1 Å². The van der Waals surface area contributed by atoms with E-state index in [0.29, 0.717) is 22.1 Å². The quantitative estimate of drug-likeness (QED) is 0.404. The Labute approximate surface area is 197 Å². The molecular weight excluding hydrogens is 500 g/mol. The number of carbonyl (C=O) groups is 2. The van der Waals surface area contributed by atoms with E-state index >= 15 is 0 Å². The highest BCUT2D eigenvalue weighted by atomic mass is 79.9. The van der Waals surface area contributed by atoms with Gasteiger partial charge in [0.15, 0.2) is 11.5 Å². The second-order valence-electron chi connectivity index (χ2n) is 6.90. The molecule has 158 valence electrons. The number of ether oxygens (including phenoxy) is 2. The van der Waals surface area contributed by atoms with Crippen LogP contribution in [0.3, 0.4) is 0 Å². The van der Waals surface area contributed by atoms with Gasteiger partial charge in [0.1, 0.15) is 11.3 Å². The van der Waals surface area contributed by atoms with Crippen molar-refractivity contribution in [2.75, 3.05) is 12.1 Å². The maximum Gasteiger partial charge on any atom is 0.433 e. The van der Waals surface area contributed by atoms with Crippen LogP contribution in [-0.4, -0.2) is 18.6 Å². The van der Waals surface area contributed by atoms with E-state index in [4.69, 9.17) is 9.47 Å². The number of amides is 1. The predicted octanol–water partition coefficient (Wildman–Crippen LogP) is 4.62. The molecule has 1 N–H and O–H groups in total. The summed E-state index contributed by atoms with van der Waals surface area (Å²) in [6, 6.07) is 13.2. The van der Waals surface area contributed by atoms with Crippen molar-refractivity contribution >= 4 is 63.7 Å². The monoisotopic (exact) mass is 517 g/mol. The topological polar surface area (TPSA) is 68.5 Å². The second kappa shape index (κ2) is 8.86. The molecule has 9 heteroatoms. The second-order valence-corrected chi connectivity index (χ2v) is 9.04. The zero-order valence-electron chi connectivity index (χ0n) is 16.4. The molecule has 0 bridgehead atoms. The van der Waals surface area contributed by atoms with Gasteiger partial charge in [-0.3, -0.25) is 4.79 Å². The number of thioether (sulfide) groups is 1. The van der Waals surface area contributed by atoms with Crippen molar-refractivity contribution in [3.8, 4) is 11.5 Å². The Balaban J connectivity index is 0.00000231. The maximum atomic E-state index is 13.0. The minimum absolute atomic E-state index is 0. The first-order valence-corrected chi connectivity index (χ1v) is 11.0. The SMILES string of the molecule is Br.Cc1ccccc1NC(=O)Cc1csc2[n+]1C(=O)/C(=C\c1ccc3c(c1)OCO3)S2. The van der Waals surface area contributed by atoms with Gasteiger partial charge in [-0.25, -0.2) is 4.79 Å². The van der Waals surface area contributed by atoms with Crippen molar-refractivity contribution in [2.45, 2.75) is 17.7 Å². The summed E-state index contributed by atoms with van der Waals surface area (Å²) in [5, 5.41) is 4.79. The molecule has 31 heavy (non-hydrogen) atoms. The fourth-order valence-electron chi connectivity index (χ4n) is 3.31. The van der Waals surface area contributed by atoms with Gasteiger partial charge in [-0.05, 0) is 42.3 Å². The number of para-hydroxylation sites is 1. The van der Waals surface area contributed by atoms with Crippen LogP contribution in [0.5, 0.6) is 11.5 Å². The molecule has 0 spiro atoms. The zero-order chi connectivity index (χ0) is 20.7. The first-order valence-electron chi connectivity index (χ1n) is 9.30. The minimum Gasteiger partial charge on any atom is -0.454 e. The zero-order valence-corrected chi connectivity index (χ0v) is 19.8. The summed E-state index contributed by atoms with van der Waals surface area (Å²) in [6.07, 6.45) is 1.97. The van der Waals surface area contributed by atoms with Crippen LogP contribution in [0.25, 0.3) is 6.08 Å². The molecule has 0 saturated carbocycles. The summed E-state index contributed by atoms with van der Waals surface area (Å²) in [4.78, 5) is 26.2. The molecule has 3 heterocycles. The number of thiazole rings is 1. The molecule has 0 aliphatic carbocycles. The standard InChI is InChI=1S/C22H16N2O4S2.BrH/c1-13-4-2-3-5-16(13)23-20(25)10-15-11-29-22-24(15)21(26)19(30-22)9-14-6-7-17-18(8-14)28-12-27-17;/h2-9,11H,10,12H2,1H3;1H/p+1/b19-9+;. The van der Waals surface area contributed by atoms with Crippen molar-refractivity contribution in [1.29, 1.82) is 0 Å². The van der Waals surface area contributed by atoms with Crippen LogP contribution in [0, 0.1) is 6.92 Å². The third-order valence-electron chi connectivity index (χ3n) is 4.83. The van der Waals surface area contributed by atoms with Crippen LogP contribution >= 0.6 is 40.1 Å². The third kappa shape index (κ3) is 4.26. The van der Waals surface area contributed by atoms with E-state index in [1.54, 1.807) is 4.57 Å². The first kappa shape index (κ1) is 21.6. The molecule has 1 aromatic heterocycles. The fourth-order valence-corrected chi connectivity index (χ4v) is 5.50. The summed E-state index contributed by atoms with van der Waals surface area (Å²) in [6.45, 7) is 2.16. The van der Waals surface area contributed by atoms with Crippen LogP contribution in [0.2, 0.25) is 0 Å². The molecule has 2 aliphatic rings. The van der Waals surface area contributed by atoms with E-state index in [1.807, 2.05) is 60.8 Å². The first-order chi connectivity index (χ1) is 14.6. The number of allylic oxidation sites excluding steroid dienone is 1. The summed E-state index contributed by atoms with van der Waals surface area (Å²) in [5.74, 6) is 1.12. The lowest BCUT2D eigenvalue weighted by Gasteiger charge is -2.06. The number of hydrogen-bond donors (Lipinski definition) is 1. The normalized spacial score (nSPS) is 15.0. The van der Waals surface area contributed by atoms with E-state index in [-0.39, 0.29) is 42.0 Å². The fraction of sp³-hybridized carbons (Fsp3) is 0.136. The molecule has 3 aromatic rings. The number of benzene rings is 2. The molecule has 0 atom stereocenters. The number of nitrogens with zero attached hydrogens (tertiary/aromatic N) is 1. The number of nitrogens with one attached hydrogen (secondary N) is 1. The van der Waals surface area contributed by atoms with Crippen molar-refractivity contribution in [1.82, 2.24) is 0 Å². The van der Waals surface area contributed by atoms with E-state index in [0.717, 1.165) is 21.2 Å². The number of fused-ring (bicyclic) bond motifs is 2. The number of anilines is 1. The van der Waals surface area contributed by atoms with Crippen LogP contribution in [0.1, 0.15) is 21.6 Å². The molecule has 0 fully saturated rings. The Morgan fingerprint density at radius 1 is 1.19 bits per heavy atom. The van der Waals surface area contributed by atoms with Gasteiger partial charge < -0.3 is 14.8 Å². The summed E-state index contributed by atoms with van der Waals surface area (Å²) in [7, 11) is 0. The number of rotatable bonds is 4. The Kier molecular flexibility index (Phi) is 6.17. The third-order valence-corrected chi connectivity index (χ3v) is 7.01. The molecule has 0 saturated heterocycles. The molecular formula is C22H18BrN2O4S2+. The summed E-state index contributed by atoms with van der Waals surface area (Å²) < 4.78 is 13.2. The number of aromatic nitrogens is 1. The highest BCUT2D eigenvalue weighted by molar-refractivity contribution is 8.93. The average molecular weight is 518 g/mol. The summed E-state index contributed by atoms with van der Waals surface area (Å²) in [5.41, 5.74) is 3.33. The van der Waals surface area contributed by atoms with Crippen LogP contribution in [0.15, 0.2) is 57.1 Å². The lowest BCUT2D eigenvalue weighted by Crippen LogP contribution is -2.43.